The summed E-state index contributed by atoms with van der Waals surface area (Å²) in [7, 11) is 0. The van der Waals surface area contributed by atoms with Crippen LogP contribution in [-0.2, 0) is 16.1 Å². The second-order valence-electron chi connectivity index (χ2n) is 9.95. The smallest absolute Gasteiger partial charge is 0.295 e. The molecule has 198 valence electrons. The number of hydrogen-bond acceptors (Lipinski definition) is 5. The molecule has 1 atom stereocenters. The number of ketones is 1. The highest BCUT2D eigenvalue weighted by Crippen LogP contribution is 2.42. The monoisotopic (exact) mass is 513 g/mol. The minimum absolute atomic E-state index is 0.0608. The predicted octanol–water partition coefficient (Wildman–Crippen LogP) is 6.44. The van der Waals surface area contributed by atoms with Crippen molar-refractivity contribution in [3.63, 3.8) is 0 Å². The quantitative estimate of drug-likeness (QED) is 0.192. The highest BCUT2D eigenvalue weighted by molar-refractivity contribution is 6.46. The summed E-state index contributed by atoms with van der Waals surface area (Å²) in [6.45, 7) is 9.32. The summed E-state index contributed by atoms with van der Waals surface area (Å²) in [6, 6.07) is 21.4. The fourth-order valence-corrected chi connectivity index (χ4v) is 4.52. The third-order valence-electron chi connectivity index (χ3n) is 6.60. The zero-order valence-electron chi connectivity index (χ0n) is 22.4. The summed E-state index contributed by atoms with van der Waals surface area (Å²) in [5.41, 5.74) is 3.11. The van der Waals surface area contributed by atoms with E-state index in [4.69, 9.17) is 9.47 Å². The topological polar surface area (TPSA) is 76.1 Å². The number of carbonyl (C=O) groups excluding carboxylic acids is 2. The first-order valence-corrected chi connectivity index (χ1v) is 13.1. The average molecular weight is 514 g/mol. The third kappa shape index (κ3) is 5.91. The molecule has 0 bridgehead atoms. The number of ether oxygens (including phenoxy) is 2. The Balaban J connectivity index is 1.81. The summed E-state index contributed by atoms with van der Waals surface area (Å²) in [6.07, 6.45) is 0.904. The van der Waals surface area contributed by atoms with Gasteiger partial charge in [0, 0.05) is 12.1 Å². The number of benzene rings is 3. The molecule has 6 heteroatoms. The summed E-state index contributed by atoms with van der Waals surface area (Å²) >= 11 is 0. The molecule has 38 heavy (non-hydrogen) atoms. The van der Waals surface area contributed by atoms with Crippen LogP contribution < -0.4 is 9.47 Å². The highest BCUT2D eigenvalue weighted by Gasteiger charge is 2.46. The Morgan fingerprint density at radius 1 is 0.947 bits per heavy atom. The van der Waals surface area contributed by atoms with Crippen molar-refractivity contribution >= 4 is 17.4 Å². The van der Waals surface area contributed by atoms with Crippen LogP contribution in [0.15, 0.2) is 78.4 Å². The third-order valence-corrected chi connectivity index (χ3v) is 6.60. The molecule has 1 unspecified atom stereocenters. The van der Waals surface area contributed by atoms with E-state index in [0.717, 1.165) is 17.5 Å². The van der Waals surface area contributed by atoms with E-state index >= 15 is 0 Å². The van der Waals surface area contributed by atoms with E-state index in [-0.39, 0.29) is 17.9 Å². The average Bonchev–Trinajstić information content (AvgIpc) is 3.15. The van der Waals surface area contributed by atoms with Crippen LogP contribution in [0.3, 0.4) is 0 Å². The zero-order chi connectivity index (χ0) is 27.2. The van der Waals surface area contributed by atoms with Crippen LogP contribution in [0.4, 0.5) is 0 Å². The van der Waals surface area contributed by atoms with Crippen molar-refractivity contribution in [3.05, 3.63) is 101 Å². The van der Waals surface area contributed by atoms with Crippen molar-refractivity contribution in [1.29, 1.82) is 0 Å². The van der Waals surface area contributed by atoms with E-state index in [1.54, 1.807) is 12.1 Å². The van der Waals surface area contributed by atoms with Gasteiger partial charge in [-0.2, -0.15) is 0 Å². The van der Waals surface area contributed by atoms with Crippen LogP contribution in [0.2, 0.25) is 0 Å². The summed E-state index contributed by atoms with van der Waals surface area (Å²) < 4.78 is 11.9. The number of rotatable bonds is 10. The van der Waals surface area contributed by atoms with Gasteiger partial charge in [0.1, 0.15) is 5.76 Å². The lowest BCUT2D eigenvalue weighted by Gasteiger charge is -2.26. The predicted molar refractivity (Wildman–Crippen MR) is 148 cm³/mol. The molecular weight excluding hydrogens is 478 g/mol. The number of nitrogens with zero attached hydrogens (tertiary/aromatic N) is 1. The first kappa shape index (κ1) is 27.0. The van der Waals surface area contributed by atoms with E-state index in [2.05, 4.69) is 13.8 Å². The number of Topliss-reactive ketones (excluding diaryl/α,β-unsaturated/α-hetero) is 1. The molecule has 0 aromatic heterocycles. The zero-order valence-corrected chi connectivity index (χ0v) is 22.4. The van der Waals surface area contributed by atoms with Crippen molar-refractivity contribution in [2.45, 2.75) is 46.7 Å². The van der Waals surface area contributed by atoms with Gasteiger partial charge in [0.05, 0.1) is 24.8 Å². The molecule has 0 saturated carbocycles. The van der Waals surface area contributed by atoms with Crippen LogP contribution in [-0.4, -0.2) is 34.9 Å². The molecule has 3 aromatic rings. The number of aliphatic hydroxyl groups is 1. The maximum absolute atomic E-state index is 13.4. The second-order valence-corrected chi connectivity index (χ2v) is 9.95. The molecular formula is C32H35NO5. The minimum atomic E-state index is -0.791. The van der Waals surface area contributed by atoms with Crippen LogP contribution in [0.25, 0.3) is 5.76 Å². The summed E-state index contributed by atoms with van der Waals surface area (Å²) in [5.74, 6) is 0.0922. The normalized spacial score (nSPS) is 16.8. The van der Waals surface area contributed by atoms with Crippen molar-refractivity contribution in [2.24, 2.45) is 5.92 Å². The Hall–Kier alpha value is -4.06. The van der Waals surface area contributed by atoms with Gasteiger partial charge < -0.3 is 19.5 Å². The van der Waals surface area contributed by atoms with Crippen molar-refractivity contribution in [2.75, 3.05) is 13.2 Å². The van der Waals surface area contributed by atoms with E-state index in [0.29, 0.717) is 41.8 Å². The summed E-state index contributed by atoms with van der Waals surface area (Å²) in [4.78, 5) is 28.3. The largest absolute Gasteiger partial charge is 0.507 e. The van der Waals surface area contributed by atoms with E-state index in [9.17, 15) is 14.7 Å². The molecule has 3 aromatic carbocycles. The van der Waals surface area contributed by atoms with Gasteiger partial charge in [0.25, 0.3) is 11.7 Å². The maximum atomic E-state index is 13.4. The van der Waals surface area contributed by atoms with Crippen LogP contribution in [0.5, 0.6) is 11.5 Å². The van der Waals surface area contributed by atoms with Gasteiger partial charge in [-0.3, -0.25) is 9.59 Å². The molecule has 1 amide bonds. The second kappa shape index (κ2) is 12.0. The number of aryl methyl sites for hydroxylation is 1. The summed E-state index contributed by atoms with van der Waals surface area (Å²) in [5, 5.41) is 11.3. The van der Waals surface area contributed by atoms with Gasteiger partial charge >= 0.3 is 0 Å². The van der Waals surface area contributed by atoms with Crippen LogP contribution >= 0.6 is 0 Å². The molecule has 0 aliphatic carbocycles. The molecule has 1 saturated heterocycles. The maximum Gasteiger partial charge on any atom is 0.295 e. The van der Waals surface area contributed by atoms with Crippen molar-refractivity contribution in [1.82, 2.24) is 4.90 Å². The minimum Gasteiger partial charge on any atom is -0.507 e. The molecule has 1 fully saturated rings. The first-order chi connectivity index (χ1) is 18.3. The molecule has 1 aliphatic rings. The van der Waals surface area contributed by atoms with E-state index < -0.39 is 17.7 Å². The molecule has 6 nitrogen and oxygen atoms in total. The lowest BCUT2D eigenvalue weighted by Crippen LogP contribution is -2.29. The van der Waals surface area contributed by atoms with Crippen molar-refractivity contribution < 1.29 is 24.2 Å². The molecule has 1 heterocycles. The lowest BCUT2D eigenvalue weighted by molar-refractivity contribution is -0.140. The Kier molecular flexibility index (Phi) is 8.52. The van der Waals surface area contributed by atoms with Crippen molar-refractivity contribution in [3.8, 4) is 11.5 Å². The fourth-order valence-electron chi connectivity index (χ4n) is 4.52. The number of amides is 1. The molecule has 0 radical (unpaired) electrons. The Morgan fingerprint density at radius 2 is 1.66 bits per heavy atom. The van der Waals surface area contributed by atoms with Gasteiger partial charge in [-0.1, -0.05) is 80.1 Å². The molecule has 1 aliphatic heterocycles. The Morgan fingerprint density at radius 3 is 2.32 bits per heavy atom. The molecule has 1 N–H and O–H groups in total. The standard InChI is InChI=1S/C32H35NO5/c1-5-37-27-19-25(15-16-26(27)38-18-17-21(2)3)29-28(30(34)24-13-11-22(4)12-14-24)31(35)32(36)33(29)20-23-9-7-6-8-10-23/h6-16,19,21,29,34H,5,17-18,20H2,1-4H3/b30-28+. The van der Waals surface area contributed by atoms with E-state index in [1.807, 2.05) is 74.5 Å². The number of carbonyl (C=O) groups is 2. The Labute approximate surface area is 224 Å². The fraction of sp³-hybridized carbons (Fsp3) is 0.312. The Bertz CT molecular complexity index is 1310. The van der Waals surface area contributed by atoms with Crippen LogP contribution in [0, 0.1) is 12.8 Å². The van der Waals surface area contributed by atoms with Gasteiger partial charge in [0.2, 0.25) is 0 Å². The van der Waals surface area contributed by atoms with Gasteiger partial charge in [-0.05, 0) is 49.4 Å². The number of likely N-dealkylation sites (tertiary alicyclic amines) is 1. The van der Waals surface area contributed by atoms with E-state index in [1.165, 1.54) is 4.90 Å². The molecule has 4 rings (SSSR count). The number of hydrogen-bond donors (Lipinski definition) is 1. The molecule has 0 spiro atoms. The SMILES string of the molecule is CCOc1cc(C2/C(=C(\O)c3ccc(C)cc3)C(=O)C(=O)N2Cc2ccccc2)ccc1OCCC(C)C. The van der Waals surface area contributed by atoms with Gasteiger partial charge in [0.15, 0.2) is 11.5 Å². The first-order valence-electron chi connectivity index (χ1n) is 13.1. The van der Waals surface area contributed by atoms with Gasteiger partial charge in [-0.15, -0.1) is 0 Å². The van der Waals surface area contributed by atoms with Crippen LogP contribution in [0.1, 0.15) is 55.5 Å². The van der Waals surface area contributed by atoms with Gasteiger partial charge in [-0.25, -0.2) is 0 Å². The lowest BCUT2D eigenvalue weighted by atomic mass is 9.94. The number of aliphatic hydroxyl groups excluding tert-OH is 1. The highest BCUT2D eigenvalue weighted by atomic mass is 16.5.